The molecule has 1 amide bonds. The second kappa shape index (κ2) is 7.69. The second-order valence-electron chi connectivity index (χ2n) is 5.11. The summed E-state index contributed by atoms with van der Waals surface area (Å²) in [5.74, 6) is -2.01. The molecule has 0 radical (unpaired) electrons. The first-order chi connectivity index (χ1) is 10.9. The van der Waals surface area contributed by atoms with Crippen molar-refractivity contribution in [2.24, 2.45) is 0 Å². The Kier molecular flexibility index (Phi) is 5.89. The molecule has 1 heterocycles. The lowest BCUT2D eigenvalue weighted by Crippen LogP contribution is -2.29. The minimum absolute atomic E-state index is 0.00915. The number of sulfone groups is 1. The number of halogens is 2. The van der Waals surface area contributed by atoms with Gasteiger partial charge in [0.1, 0.15) is 11.5 Å². The minimum atomic E-state index is -3.65. The van der Waals surface area contributed by atoms with E-state index >= 15 is 0 Å². The predicted molar refractivity (Wildman–Crippen MR) is 79.3 cm³/mol. The fourth-order valence-electron chi connectivity index (χ4n) is 2.27. The Bertz CT molecular complexity index is 644. The van der Waals surface area contributed by atoms with Crippen LogP contribution < -0.4 is 10.1 Å². The number of anilines is 1. The summed E-state index contributed by atoms with van der Waals surface area (Å²) >= 11 is 0. The molecule has 1 saturated heterocycles. The van der Waals surface area contributed by atoms with Gasteiger partial charge in [-0.15, -0.1) is 0 Å². The van der Waals surface area contributed by atoms with Crippen molar-refractivity contribution in [2.75, 3.05) is 23.4 Å². The lowest BCUT2D eigenvalue weighted by atomic mass is 10.3. The second-order valence-corrected chi connectivity index (χ2v) is 7.22. The van der Waals surface area contributed by atoms with Gasteiger partial charge < -0.3 is 14.8 Å². The third-order valence-corrected chi connectivity index (χ3v) is 4.77. The Morgan fingerprint density at radius 3 is 2.78 bits per heavy atom. The third kappa shape index (κ3) is 5.76. The highest BCUT2D eigenvalue weighted by Crippen LogP contribution is 2.25. The van der Waals surface area contributed by atoms with Gasteiger partial charge in [0.2, 0.25) is 5.91 Å². The number of carbonyl (C=O) groups excluding carboxylic acids is 1. The van der Waals surface area contributed by atoms with Crippen molar-refractivity contribution >= 4 is 21.4 Å². The van der Waals surface area contributed by atoms with Crippen molar-refractivity contribution in [3.8, 4) is 5.75 Å². The monoisotopic (exact) mass is 349 g/mol. The van der Waals surface area contributed by atoms with Crippen molar-refractivity contribution in [3.05, 3.63) is 24.3 Å². The number of alkyl halides is 2. The maximum absolute atomic E-state index is 12.3. The van der Waals surface area contributed by atoms with Gasteiger partial charge in [0.05, 0.1) is 17.5 Å². The van der Waals surface area contributed by atoms with Crippen LogP contribution in [0.3, 0.4) is 0 Å². The van der Waals surface area contributed by atoms with Gasteiger partial charge in [-0.05, 0) is 25.0 Å². The molecule has 1 N–H and O–H groups in total. The molecule has 1 unspecified atom stereocenters. The zero-order chi connectivity index (χ0) is 16.9. The van der Waals surface area contributed by atoms with Crippen molar-refractivity contribution in [3.63, 3.8) is 0 Å². The van der Waals surface area contributed by atoms with Crippen LogP contribution in [0, 0.1) is 0 Å². The molecule has 1 fully saturated rings. The highest BCUT2D eigenvalue weighted by atomic mass is 32.2. The van der Waals surface area contributed by atoms with Crippen LogP contribution in [-0.2, 0) is 19.4 Å². The van der Waals surface area contributed by atoms with E-state index in [1.165, 1.54) is 24.3 Å². The van der Waals surface area contributed by atoms with Crippen molar-refractivity contribution in [2.45, 2.75) is 25.6 Å². The maximum atomic E-state index is 12.3. The average Bonchev–Trinajstić information content (AvgIpc) is 2.91. The Labute approximate surface area is 132 Å². The van der Waals surface area contributed by atoms with E-state index in [0.717, 1.165) is 6.42 Å². The maximum Gasteiger partial charge on any atom is 0.387 e. The van der Waals surface area contributed by atoms with Gasteiger partial charge in [-0.1, -0.05) is 12.1 Å². The first kappa shape index (κ1) is 17.6. The van der Waals surface area contributed by atoms with Crippen LogP contribution in [0.2, 0.25) is 0 Å². The van der Waals surface area contributed by atoms with Crippen LogP contribution >= 0.6 is 0 Å². The van der Waals surface area contributed by atoms with Crippen LogP contribution in [0.1, 0.15) is 12.8 Å². The SMILES string of the molecule is O=C(CS(=O)(=O)CC1CCCO1)Nc1ccccc1OC(F)F. The molecule has 1 aromatic carbocycles. The van der Waals surface area contributed by atoms with Crippen molar-refractivity contribution in [1.82, 2.24) is 0 Å². The summed E-state index contributed by atoms with van der Waals surface area (Å²) in [4.78, 5) is 11.9. The lowest BCUT2D eigenvalue weighted by molar-refractivity contribution is -0.114. The molecule has 6 nitrogen and oxygen atoms in total. The zero-order valence-corrected chi connectivity index (χ0v) is 13.0. The van der Waals surface area contributed by atoms with Crippen molar-refractivity contribution in [1.29, 1.82) is 0 Å². The Hall–Kier alpha value is -1.74. The van der Waals surface area contributed by atoms with Gasteiger partial charge in [0.25, 0.3) is 0 Å². The molecular weight excluding hydrogens is 332 g/mol. The van der Waals surface area contributed by atoms with Crippen LogP contribution in [-0.4, -0.2) is 45.2 Å². The van der Waals surface area contributed by atoms with Gasteiger partial charge in [-0.3, -0.25) is 4.79 Å². The topological polar surface area (TPSA) is 81.7 Å². The van der Waals surface area contributed by atoms with Crippen LogP contribution in [0.4, 0.5) is 14.5 Å². The highest BCUT2D eigenvalue weighted by Gasteiger charge is 2.25. The number of benzene rings is 1. The van der Waals surface area contributed by atoms with E-state index in [9.17, 15) is 22.0 Å². The molecule has 0 spiro atoms. The molecule has 1 aliphatic heterocycles. The van der Waals surface area contributed by atoms with E-state index in [-0.39, 0.29) is 23.3 Å². The number of nitrogens with one attached hydrogen (secondary N) is 1. The Balaban J connectivity index is 1.96. The highest BCUT2D eigenvalue weighted by molar-refractivity contribution is 7.92. The number of para-hydroxylation sites is 2. The molecule has 128 valence electrons. The minimum Gasteiger partial charge on any atom is -0.433 e. The fourth-order valence-corrected chi connectivity index (χ4v) is 3.69. The van der Waals surface area contributed by atoms with Gasteiger partial charge in [-0.25, -0.2) is 8.42 Å². The lowest BCUT2D eigenvalue weighted by Gasteiger charge is -2.13. The zero-order valence-electron chi connectivity index (χ0n) is 12.2. The fraction of sp³-hybridized carbons (Fsp3) is 0.500. The van der Waals surface area contributed by atoms with Gasteiger partial charge in [0, 0.05) is 6.61 Å². The average molecular weight is 349 g/mol. The van der Waals surface area contributed by atoms with Crippen LogP contribution in [0.5, 0.6) is 5.75 Å². The summed E-state index contributed by atoms with van der Waals surface area (Å²) in [6.07, 6.45) is 1.05. The first-order valence-corrected chi connectivity index (χ1v) is 8.83. The van der Waals surface area contributed by atoms with Crippen LogP contribution in [0.15, 0.2) is 24.3 Å². The van der Waals surface area contributed by atoms with E-state index < -0.39 is 28.1 Å². The largest absolute Gasteiger partial charge is 0.433 e. The molecule has 1 aromatic rings. The summed E-state index contributed by atoms with van der Waals surface area (Å²) in [6, 6.07) is 5.57. The molecule has 1 atom stereocenters. The standard InChI is InChI=1S/C14H17F2NO5S/c15-14(16)22-12-6-2-1-5-11(12)17-13(18)9-23(19,20)8-10-4-3-7-21-10/h1-2,5-6,10,14H,3-4,7-9H2,(H,17,18). The Morgan fingerprint density at radius 1 is 1.39 bits per heavy atom. The van der Waals surface area contributed by atoms with E-state index in [1.807, 2.05) is 0 Å². The van der Waals surface area contributed by atoms with Gasteiger partial charge >= 0.3 is 6.61 Å². The molecule has 9 heteroatoms. The smallest absolute Gasteiger partial charge is 0.387 e. The summed E-state index contributed by atoms with van der Waals surface area (Å²) in [5, 5.41) is 2.28. The third-order valence-electron chi connectivity index (χ3n) is 3.19. The molecule has 1 aliphatic rings. The molecule has 0 bridgehead atoms. The molecule has 0 saturated carbocycles. The van der Waals surface area contributed by atoms with Crippen molar-refractivity contribution < 1.29 is 31.5 Å². The molecular formula is C14H17F2NO5S. The number of hydrogen-bond acceptors (Lipinski definition) is 5. The summed E-state index contributed by atoms with van der Waals surface area (Å²) < 4.78 is 58.0. The normalized spacial score (nSPS) is 18.1. The quantitative estimate of drug-likeness (QED) is 0.812. The first-order valence-electron chi connectivity index (χ1n) is 7.01. The molecule has 0 aromatic heterocycles. The molecule has 2 rings (SSSR count). The molecule has 0 aliphatic carbocycles. The summed E-state index contributed by atoms with van der Waals surface area (Å²) in [7, 11) is -3.65. The van der Waals surface area contributed by atoms with E-state index in [4.69, 9.17) is 4.74 Å². The number of amides is 1. The number of carbonyl (C=O) groups is 1. The van der Waals surface area contributed by atoms with Gasteiger partial charge in [-0.2, -0.15) is 8.78 Å². The Morgan fingerprint density at radius 2 is 2.13 bits per heavy atom. The van der Waals surface area contributed by atoms with Gasteiger partial charge in [0.15, 0.2) is 9.84 Å². The number of ether oxygens (including phenoxy) is 2. The summed E-state index contributed by atoms with van der Waals surface area (Å²) in [6.45, 7) is -2.53. The van der Waals surface area contributed by atoms with E-state index in [0.29, 0.717) is 13.0 Å². The van der Waals surface area contributed by atoms with E-state index in [2.05, 4.69) is 10.1 Å². The van der Waals surface area contributed by atoms with E-state index in [1.54, 1.807) is 0 Å². The number of rotatable bonds is 7. The summed E-state index contributed by atoms with van der Waals surface area (Å²) in [5.41, 5.74) is -0.00915. The predicted octanol–water partition coefficient (Wildman–Crippen LogP) is 1.82. The van der Waals surface area contributed by atoms with Crippen LogP contribution in [0.25, 0.3) is 0 Å². The number of hydrogen-bond donors (Lipinski definition) is 1. The molecule has 23 heavy (non-hydrogen) atoms.